The Hall–Kier alpha value is -2.36. The van der Waals surface area contributed by atoms with Crippen LogP contribution in [-0.2, 0) is 0 Å². The second kappa shape index (κ2) is 4.25. The average Bonchev–Trinajstić information content (AvgIpc) is 2.30. The molecule has 1 aromatic heterocycles. The molecule has 0 aliphatic rings. The summed E-state index contributed by atoms with van der Waals surface area (Å²) in [5.74, 6) is -1.49. The molecule has 2 rings (SSSR count). The van der Waals surface area contributed by atoms with Gasteiger partial charge >= 0.3 is 5.97 Å². The van der Waals surface area contributed by atoms with Crippen LogP contribution in [0, 0.1) is 6.92 Å². The minimum Gasteiger partial charge on any atom is -0.505 e. The maximum absolute atomic E-state index is 10.9. The molecule has 1 heterocycles. The Morgan fingerprint density at radius 2 is 1.88 bits per heavy atom. The normalized spacial score (nSPS) is 10.2. The van der Waals surface area contributed by atoms with E-state index in [1.807, 2.05) is 31.2 Å². The molecule has 0 saturated heterocycles. The van der Waals surface area contributed by atoms with Crippen LogP contribution in [0.3, 0.4) is 0 Å². The van der Waals surface area contributed by atoms with Gasteiger partial charge in [0.2, 0.25) is 0 Å². The van der Waals surface area contributed by atoms with Gasteiger partial charge in [-0.15, -0.1) is 0 Å². The fourth-order valence-electron chi connectivity index (χ4n) is 1.50. The number of aromatic nitrogens is 1. The number of aromatic carboxylic acids is 1. The third kappa shape index (κ3) is 2.25. The van der Waals surface area contributed by atoms with Gasteiger partial charge in [-0.1, -0.05) is 29.8 Å². The topological polar surface area (TPSA) is 70.4 Å². The van der Waals surface area contributed by atoms with Crippen LogP contribution in [0.2, 0.25) is 0 Å². The smallest absolute Gasteiger partial charge is 0.339 e. The maximum atomic E-state index is 10.9. The summed E-state index contributed by atoms with van der Waals surface area (Å²) < 4.78 is 0. The van der Waals surface area contributed by atoms with Gasteiger partial charge in [0.1, 0.15) is 11.3 Å². The molecule has 0 atom stereocenters. The van der Waals surface area contributed by atoms with Gasteiger partial charge in [-0.3, -0.25) is 4.98 Å². The third-order valence-electron chi connectivity index (χ3n) is 2.46. The highest BCUT2D eigenvalue weighted by Gasteiger charge is 2.11. The van der Waals surface area contributed by atoms with Crippen LogP contribution in [0.25, 0.3) is 11.3 Å². The van der Waals surface area contributed by atoms with E-state index in [2.05, 4.69) is 4.98 Å². The maximum Gasteiger partial charge on any atom is 0.339 e. The predicted octanol–water partition coefficient (Wildman–Crippen LogP) is 2.46. The molecule has 86 valence electrons. The highest BCUT2D eigenvalue weighted by Crippen LogP contribution is 2.23. The number of aryl methyl sites for hydroxylation is 1. The monoisotopic (exact) mass is 229 g/mol. The van der Waals surface area contributed by atoms with Gasteiger partial charge in [0.25, 0.3) is 0 Å². The molecule has 2 aromatic rings. The van der Waals surface area contributed by atoms with Gasteiger partial charge in [0, 0.05) is 5.56 Å². The number of hydrogen-bond donors (Lipinski definition) is 2. The van der Waals surface area contributed by atoms with Crippen LogP contribution in [0.5, 0.6) is 5.75 Å². The zero-order chi connectivity index (χ0) is 12.4. The van der Waals surface area contributed by atoms with Crippen molar-refractivity contribution >= 4 is 5.97 Å². The van der Waals surface area contributed by atoms with Gasteiger partial charge in [0.05, 0.1) is 11.9 Å². The Morgan fingerprint density at radius 3 is 2.47 bits per heavy atom. The first kappa shape index (κ1) is 11.1. The number of carbonyl (C=O) groups is 1. The van der Waals surface area contributed by atoms with Crippen LogP contribution < -0.4 is 0 Å². The van der Waals surface area contributed by atoms with Crippen molar-refractivity contribution in [3.63, 3.8) is 0 Å². The summed E-state index contributed by atoms with van der Waals surface area (Å²) in [4.78, 5) is 14.9. The lowest BCUT2D eigenvalue weighted by molar-refractivity contribution is 0.0693. The highest BCUT2D eigenvalue weighted by atomic mass is 16.4. The van der Waals surface area contributed by atoms with Gasteiger partial charge in [-0.2, -0.15) is 0 Å². The van der Waals surface area contributed by atoms with Gasteiger partial charge in [-0.05, 0) is 13.0 Å². The molecule has 4 heteroatoms. The Morgan fingerprint density at radius 1 is 1.24 bits per heavy atom. The Balaban J connectivity index is 2.50. The van der Waals surface area contributed by atoms with Crippen LogP contribution in [-0.4, -0.2) is 21.2 Å². The van der Waals surface area contributed by atoms with Crippen molar-refractivity contribution in [2.45, 2.75) is 6.92 Å². The predicted molar refractivity (Wildman–Crippen MR) is 63.0 cm³/mol. The van der Waals surface area contributed by atoms with Crippen LogP contribution in [0.4, 0.5) is 0 Å². The molecule has 0 amide bonds. The first-order chi connectivity index (χ1) is 8.08. The zero-order valence-corrected chi connectivity index (χ0v) is 9.21. The van der Waals surface area contributed by atoms with Gasteiger partial charge in [-0.25, -0.2) is 4.79 Å². The number of rotatable bonds is 2. The molecule has 0 bridgehead atoms. The molecule has 0 spiro atoms. The summed E-state index contributed by atoms with van der Waals surface area (Å²) in [7, 11) is 0. The Kier molecular flexibility index (Phi) is 2.78. The van der Waals surface area contributed by atoms with Crippen LogP contribution in [0.1, 0.15) is 15.9 Å². The first-order valence-electron chi connectivity index (χ1n) is 5.07. The van der Waals surface area contributed by atoms with E-state index in [9.17, 15) is 9.90 Å². The lowest BCUT2D eigenvalue weighted by atomic mass is 10.1. The van der Waals surface area contributed by atoms with E-state index in [-0.39, 0.29) is 11.3 Å². The minimum atomic E-state index is -1.17. The van der Waals surface area contributed by atoms with Gasteiger partial charge in [0.15, 0.2) is 0 Å². The molecule has 17 heavy (non-hydrogen) atoms. The average molecular weight is 229 g/mol. The van der Waals surface area contributed by atoms with Crippen LogP contribution >= 0.6 is 0 Å². The standard InChI is InChI=1S/C13H11NO3/c1-8-2-4-9(5-3-8)11-6-10(13(16)17)12(15)7-14-11/h2-7,15H,1H3,(H,16,17). The largest absolute Gasteiger partial charge is 0.505 e. The molecule has 0 unspecified atom stereocenters. The lowest BCUT2D eigenvalue weighted by Gasteiger charge is -2.04. The van der Waals surface area contributed by atoms with Crippen LogP contribution in [0.15, 0.2) is 36.5 Å². The molecule has 0 radical (unpaired) electrons. The van der Waals surface area contributed by atoms with E-state index in [4.69, 9.17) is 5.11 Å². The first-order valence-corrected chi connectivity index (χ1v) is 5.07. The Labute approximate surface area is 98.2 Å². The molecular formula is C13H11NO3. The van der Waals surface area contributed by atoms with E-state index in [1.54, 1.807) is 0 Å². The van der Waals surface area contributed by atoms with Crippen molar-refractivity contribution in [3.8, 4) is 17.0 Å². The zero-order valence-electron chi connectivity index (χ0n) is 9.21. The summed E-state index contributed by atoms with van der Waals surface area (Å²) in [6.07, 6.45) is 1.15. The fourth-order valence-corrected chi connectivity index (χ4v) is 1.50. The molecule has 4 nitrogen and oxygen atoms in total. The van der Waals surface area contributed by atoms with Crippen molar-refractivity contribution in [3.05, 3.63) is 47.7 Å². The fraction of sp³-hybridized carbons (Fsp3) is 0.0769. The molecule has 0 fully saturated rings. The molecule has 0 saturated carbocycles. The number of nitrogens with zero attached hydrogens (tertiary/aromatic N) is 1. The number of aromatic hydroxyl groups is 1. The number of pyridine rings is 1. The summed E-state index contributed by atoms with van der Waals surface area (Å²) in [6, 6.07) is 8.93. The van der Waals surface area contributed by atoms with E-state index in [0.717, 1.165) is 17.3 Å². The number of carboxylic acids is 1. The minimum absolute atomic E-state index is 0.143. The summed E-state index contributed by atoms with van der Waals surface area (Å²) >= 11 is 0. The summed E-state index contributed by atoms with van der Waals surface area (Å²) in [5, 5.41) is 18.2. The quantitative estimate of drug-likeness (QED) is 0.829. The second-order valence-electron chi connectivity index (χ2n) is 3.76. The lowest BCUT2D eigenvalue weighted by Crippen LogP contribution is -1.98. The van der Waals surface area contributed by atoms with E-state index in [1.165, 1.54) is 6.07 Å². The van der Waals surface area contributed by atoms with E-state index >= 15 is 0 Å². The highest BCUT2D eigenvalue weighted by molar-refractivity contribution is 5.91. The molecular weight excluding hydrogens is 218 g/mol. The Bertz CT molecular complexity index is 561. The van der Waals surface area contributed by atoms with Gasteiger partial charge < -0.3 is 10.2 Å². The molecule has 0 aliphatic heterocycles. The summed E-state index contributed by atoms with van der Waals surface area (Å²) in [6.45, 7) is 1.97. The SMILES string of the molecule is Cc1ccc(-c2cc(C(=O)O)c(O)cn2)cc1. The molecule has 1 aromatic carbocycles. The van der Waals surface area contributed by atoms with Crippen molar-refractivity contribution < 1.29 is 15.0 Å². The number of benzene rings is 1. The van der Waals surface area contributed by atoms with Crippen molar-refractivity contribution in [1.29, 1.82) is 0 Å². The van der Waals surface area contributed by atoms with Crippen molar-refractivity contribution in [1.82, 2.24) is 4.98 Å². The molecule has 0 aliphatic carbocycles. The number of carboxylic acid groups (broad SMARTS) is 1. The summed E-state index contributed by atoms with van der Waals surface area (Å²) in [5.41, 5.74) is 2.32. The number of hydrogen-bond acceptors (Lipinski definition) is 3. The van der Waals surface area contributed by atoms with E-state index < -0.39 is 5.97 Å². The van der Waals surface area contributed by atoms with E-state index in [0.29, 0.717) is 5.69 Å². The van der Waals surface area contributed by atoms with Crippen molar-refractivity contribution in [2.24, 2.45) is 0 Å². The second-order valence-corrected chi connectivity index (χ2v) is 3.76. The third-order valence-corrected chi connectivity index (χ3v) is 2.46. The molecule has 2 N–H and O–H groups in total. The van der Waals surface area contributed by atoms with Crippen molar-refractivity contribution in [2.75, 3.05) is 0 Å².